The number of aromatic nitrogens is 1. The Balaban J connectivity index is 2.93. The van der Waals surface area contributed by atoms with Crippen molar-refractivity contribution in [1.29, 1.82) is 0 Å². The average Bonchev–Trinajstić information content (AvgIpc) is 2.34. The molecule has 1 nitrogen and oxygen atoms in total. The second-order valence-electron chi connectivity index (χ2n) is 2.19. The van der Waals surface area contributed by atoms with Crippen molar-refractivity contribution in [3.05, 3.63) is 35.6 Å². The van der Waals surface area contributed by atoms with Crippen LogP contribution in [0.15, 0.2) is 30.5 Å². The lowest BCUT2D eigenvalue weighted by molar-refractivity contribution is 1.43. The van der Waals surface area contributed by atoms with E-state index >= 15 is 0 Å². The summed E-state index contributed by atoms with van der Waals surface area (Å²) in [5.74, 6) is 0. The second kappa shape index (κ2) is 2.03. The fourth-order valence-electron chi connectivity index (χ4n) is 1.04. The monoisotopic (exact) mass is 151 g/mol. The van der Waals surface area contributed by atoms with E-state index in [0.29, 0.717) is 0 Å². The van der Waals surface area contributed by atoms with Crippen LogP contribution in [0.25, 0.3) is 10.8 Å². The third kappa shape index (κ3) is 0.711. The summed E-state index contributed by atoms with van der Waals surface area (Å²) >= 11 is 5.82. The molecule has 0 radical (unpaired) electrons. The maximum atomic E-state index is 5.82. The Bertz CT molecular complexity index is 351. The minimum atomic E-state index is 0.718. The predicted molar refractivity (Wildman–Crippen MR) is 43.3 cm³/mol. The fraction of sp³-hybridized carbons (Fsp3) is 0. The molecule has 1 aromatic heterocycles. The number of H-pyrrole nitrogens is 1. The Labute approximate surface area is 63.6 Å². The molecule has 0 atom stereocenters. The fourth-order valence-corrected chi connectivity index (χ4v) is 1.27. The molecule has 0 aliphatic carbocycles. The highest BCUT2D eigenvalue weighted by atomic mass is 35.5. The largest absolute Gasteiger partial charge is 0.351 e. The van der Waals surface area contributed by atoms with E-state index in [9.17, 15) is 0 Å². The first kappa shape index (κ1) is 5.81. The maximum Gasteiger partial charge on any atom is 0.114 e. The van der Waals surface area contributed by atoms with Crippen LogP contribution in [-0.2, 0) is 0 Å². The van der Waals surface area contributed by atoms with Crippen molar-refractivity contribution in [3.8, 4) is 0 Å². The van der Waals surface area contributed by atoms with E-state index in [1.165, 1.54) is 0 Å². The molecule has 0 aliphatic heterocycles. The Morgan fingerprint density at radius 2 is 2.00 bits per heavy atom. The van der Waals surface area contributed by atoms with E-state index < -0.39 is 0 Å². The summed E-state index contributed by atoms with van der Waals surface area (Å²) in [4.78, 5) is 2.94. The molecule has 1 N–H and O–H groups in total. The molecular weight excluding hydrogens is 146 g/mol. The van der Waals surface area contributed by atoms with Crippen LogP contribution in [0.2, 0.25) is 5.15 Å². The standard InChI is InChI=1S/C8H6ClN/c9-8-7-4-2-1-3-6(7)5-10-8/h1-5,10H. The number of fused-ring (bicyclic) bond motifs is 1. The topological polar surface area (TPSA) is 15.8 Å². The van der Waals surface area contributed by atoms with Gasteiger partial charge in [0.1, 0.15) is 5.15 Å². The van der Waals surface area contributed by atoms with Crippen molar-refractivity contribution in [2.24, 2.45) is 0 Å². The zero-order valence-electron chi connectivity index (χ0n) is 5.26. The van der Waals surface area contributed by atoms with Gasteiger partial charge in [-0.2, -0.15) is 0 Å². The van der Waals surface area contributed by atoms with Gasteiger partial charge in [-0.15, -0.1) is 0 Å². The Kier molecular flexibility index (Phi) is 1.18. The van der Waals surface area contributed by atoms with Crippen molar-refractivity contribution >= 4 is 22.4 Å². The molecule has 0 unspecified atom stereocenters. The van der Waals surface area contributed by atoms with Gasteiger partial charge in [0.25, 0.3) is 0 Å². The minimum Gasteiger partial charge on any atom is -0.351 e. The molecule has 0 saturated heterocycles. The lowest BCUT2D eigenvalue weighted by Gasteiger charge is -1.85. The lowest BCUT2D eigenvalue weighted by atomic mass is 10.2. The van der Waals surface area contributed by atoms with Gasteiger partial charge in [0.05, 0.1) is 0 Å². The molecule has 2 heteroatoms. The summed E-state index contributed by atoms with van der Waals surface area (Å²) in [6, 6.07) is 7.99. The number of hydrogen-bond donors (Lipinski definition) is 1. The van der Waals surface area contributed by atoms with E-state index in [1.807, 2.05) is 30.5 Å². The molecule has 0 aliphatic rings. The molecule has 0 fully saturated rings. The van der Waals surface area contributed by atoms with Crippen molar-refractivity contribution in [2.45, 2.75) is 0 Å². The van der Waals surface area contributed by atoms with E-state index in [4.69, 9.17) is 11.6 Å². The smallest absolute Gasteiger partial charge is 0.114 e. The van der Waals surface area contributed by atoms with E-state index in [1.54, 1.807) is 0 Å². The highest BCUT2D eigenvalue weighted by molar-refractivity contribution is 6.34. The summed E-state index contributed by atoms with van der Waals surface area (Å²) in [6.45, 7) is 0. The Morgan fingerprint density at radius 1 is 1.20 bits per heavy atom. The molecule has 10 heavy (non-hydrogen) atoms. The quantitative estimate of drug-likeness (QED) is 0.596. The molecule has 2 aromatic rings. The van der Waals surface area contributed by atoms with Crippen LogP contribution in [-0.4, -0.2) is 4.98 Å². The van der Waals surface area contributed by atoms with Gasteiger partial charge in [-0.3, -0.25) is 0 Å². The van der Waals surface area contributed by atoms with Crippen LogP contribution in [0, 0.1) is 0 Å². The third-order valence-electron chi connectivity index (χ3n) is 1.55. The van der Waals surface area contributed by atoms with Crippen LogP contribution in [0.5, 0.6) is 0 Å². The highest BCUT2D eigenvalue weighted by Crippen LogP contribution is 2.21. The zero-order chi connectivity index (χ0) is 6.97. The molecule has 50 valence electrons. The number of nitrogens with one attached hydrogen (secondary N) is 1. The number of aromatic amines is 1. The molecule has 0 bridgehead atoms. The predicted octanol–water partition coefficient (Wildman–Crippen LogP) is 2.82. The van der Waals surface area contributed by atoms with Gasteiger partial charge >= 0.3 is 0 Å². The zero-order valence-corrected chi connectivity index (χ0v) is 6.02. The summed E-state index contributed by atoms with van der Waals surface area (Å²) in [7, 11) is 0. The first-order valence-electron chi connectivity index (χ1n) is 3.09. The highest BCUT2D eigenvalue weighted by Gasteiger charge is 1.96. The summed E-state index contributed by atoms with van der Waals surface area (Å²) in [5.41, 5.74) is 0. The molecule has 1 heterocycles. The van der Waals surface area contributed by atoms with Crippen molar-refractivity contribution in [3.63, 3.8) is 0 Å². The van der Waals surface area contributed by atoms with Gasteiger partial charge in [-0.1, -0.05) is 35.9 Å². The maximum absolute atomic E-state index is 5.82. The average molecular weight is 152 g/mol. The molecule has 1 aromatic carbocycles. The normalized spacial score (nSPS) is 10.5. The molecule has 0 saturated carbocycles. The lowest BCUT2D eigenvalue weighted by Crippen LogP contribution is -1.60. The number of hydrogen-bond acceptors (Lipinski definition) is 0. The van der Waals surface area contributed by atoms with Gasteiger partial charge in [0, 0.05) is 17.0 Å². The van der Waals surface area contributed by atoms with Gasteiger partial charge < -0.3 is 4.98 Å². The van der Waals surface area contributed by atoms with Crippen molar-refractivity contribution in [1.82, 2.24) is 4.98 Å². The molecule has 0 spiro atoms. The Morgan fingerprint density at radius 3 is 2.80 bits per heavy atom. The Hall–Kier alpha value is -0.950. The van der Waals surface area contributed by atoms with Crippen LogP contribution in [0.3, 0.4) is 0 Å². The number of benzene rings is 1. The van der Waals surface area contributed by atoms with Gasteiger partial charge in [0.15, 0.2) is 0 Å². The van der Waals surface area contributed by atoms with Crippen molar-refractivity contribution < 1.29 is 0 Å². The van der Waals surface area contributed by atoms with Crippen LogP contribution in [0.1, 0.15) is 0 Å². The van der Waals surface area contributed by atoms with E-state index in [2.05, 4.69) is 4.98 Å². The van der Waals surface area contributed by atoms with Crippen LogP contribution >= 0.6 is 11.6 Å². The van der Waals surface area contributed by atoms with Gasteiger partial charge in [-0.25, -0.2) is 0 Å². The van der Waals surface area contributed by atoms with Crippen LogP contribution in [0.4, 0.5) is 0 Å². The first-order valence-corrected chi connectivity index (χ1v) is 3.47. The molecular formula is C8H6ClN. The van der Waals surface area contributed by atoms with E-state index in [0.717, 1.165) is 15.9 Å². The summed E-state index contributed by atoms with van der Waals surface area (Å²) in [5, 5.41) is 2.97. The molecule has 0 amide bonds. The summed E-state index contributed by atoms with van der Waals surface area (Å²) < 4.78 is 0. The molecule has 2 rings (SSSR count). The number of rotatable bonds is 0. The first-order chi connectivity index (χ1) is 4.88. The van der Waals surface area contributed by atoms with Crippen LogP contribution < -0.4 is 0 Å². The van der Waals surface area contributed by atoms with Gasteiger partial charge in [-0.05, 0) is 0 Å². The summed E-state index contributed by atoms with van der Waals surface area (Å²) in [6.07, 6.45) is 1.90. The second-order valence-corrected chi connectivity index (χ2v) is 2.57. The SMILES string of the molecule is Clc1[nH]cc2ccccc12. The minimum absolute atomic E-state index is 0.718. The van der Waals surface area contributed by atoms with E-state index in [-0.39, 0.29) is 0 Å². The van der Waals surface area contributed by atoms with Gasteiger partial charge in [0.2, 0.25) is 0 Å². The van der Waals surface area contributed by atoms with Crippen molar-refractivity contribution in [2.75, 3.05) is 0 Å². The third-order valence-corrected chi connectivity index (χ3v) is 1.86. The number of halogens is 1.